The Labute approximate surface area is 138 Å². The Hall–Kier alpha value is -3.02. The number of nitrogens with one attached hydrogen (secondary N) is 1. The number of aryl methyl sites for hydroxylation is 1. The van der Waals surface area contributed by atoms with E-state index >= 15 is 0 Å². The molecule has 2 aromatic carbocycles. The Morgan fingerprint density at radius 2 is 2.00 bits per heavy atom. The van der Waals surface area contributed by atoms with Crippen LogP contribution >= 0.6 is 0 Å². The van der Waals surface area contributed by atoms with Gasteiger partial charge in [-0.25, -0.2) is 4.39 Å². The van der Waals surface area contributed by atoms with Crippen molar-refractivity contribution in [3.8, 4) is 11.5 Å². The van der Waals surface area contributed by atoms with Gasteiger partial charge in [0.1, 0.15) is 5.82 Å². The summed E-state index contributed by atoms with van der Waals surface area (Å²) in [7, 11) is 0. The molecule has 0 fully saturated rings. The molecule has 5 nitrogen and oxygen atoms in total. The quantitative estimate of drug-likeness (QED) is 0.782. The predicted molar refractivity (Wildman–Crippen MR) is 86.9 cm³/mol. The molecule has 122 valence electrons. The van der Waals surface area contributed by atoms with Crippen LogP contribution in [0.25, 0.3) is 11.5 Å². The van der Waals surface area contributed by atoms with Crippen molar-refractivity contribution in [2.45, 2.75) is 13.3 Å². The summed E-state index contributed by atoms with van der Waals surface area (Å²) < 4.78 is 18.7. The highest BCUT2D eigenvalue weighted by Gasteiger charge is 2.10. The number of carbonyl (C=O) groups is 1. The topological polar surface area (TPSA) is 68.0 Å². The standard InChI is InChI=1S/C18H16FN3O2/c1-12-4-2-6-14(10-12)18-22-21-16(24-18)8-9-20-17(23)13-5-3-7-15(19)11-13/h2-7,10-11H,8-9H2,1H3,(H,20,23). The van der Waals surface area contributed by atoms with E-state index in [1.54, 1.807) is 6.07 Å². The van der Waals surface area contributed by atoms with Crippen LogP contribution in [0.3, 0.4) is 0 Å². The minimum atomic E-state index is -0.442. The number of nitrogens with zero attached hydrogens (tertiary/aromatic N) is 2. The first kappa shape index (κ1) is 15.9. The summed E-state index contributed by atoms with van der Waals surface area (Å²) in [6.07, 6.45) is 0.403. The van der Waals surface area contributed by atoms with Crippen LogP contribution in [-0.4, -0.2) is 22.6 Å². The molecule has 24 heavy (non-hydrogen) atoms. The van der Waals surface area contributed by atoms with Crippen molar-refractivity contribution in [2.24, 2.45) is 0 Å². The molecule has 0 radical (unpaired) electrons. The van der Waals surface area contributed by atoms with Gasteiger partial charge < -0.3 is 9.73 Å². The van der Waals surface area contributed by atoms with Gasteiger partial charge in [0.2, 0.25) is 11.8 Å². The van der Waals surface area contributed by atoms with Crippen molar-refractivity contribution in [1.29, 1.82) is 0 Å². The number of aromatic nitrogens is 2. The molecule has 0 unspecified atom stereocenters. The average molecular weight is 325 g/mol. The normalized spacial score (nSPS) is 10.6. The third kappa shape index (κ3) is 3.84. The summed E-state index contributed by atoms with van der Waals surface area (Å²) in [4.78, 5) is 11.9. The number of hydrogen-bond donors (Lipinski definition) is 1. The first-order valence-corrected chi connectivity index (χ1v) is 7.55. The summed E-state index contributed by atoms with van der Waals surface area (Å²) in [5, 5.41) is 10.7. The largest absolute Gasteiger partial charge is 0.421 e. The van der Waals surface area contributed by atoms with Crippen molar-refractivity contribution in [1.82, 2.24) is 15.5 Å². The zero-order valence-corrected chi connectivity index (χ0v) is 13.1. The summed E-state index contributed by atoms with van der Waals surface area (Å²) in [6, 6.07) is 13.3. The Bertz CT molecular complexity index is 861. The Morgan fingerprint density at radius 1 is 1.17 bits per heavy atom. The van der Waals surface area contributed by atoms with E-state index in [1.807, 2.05) is 31.2 Å². The maximum absolute atomic E-state index is 13.1. The lowest BCUT2D eigenvalue weighted by molar-refractivity contribution is 0.0953. The van der Waals surface area contributed by atoms with Crippen LogP contribution in [0.1, 0.15) is 21.8 Å². The molecule has 1 N–H and O–H groups in total. The molecule has 0 aliphatic carbocycles. The first-order valence-electron chi connectivity index (χ1n) is 7.55. The smallest absolute Gasteiger partial charge is 0.251 e. The molecule has 1 heterocycles. The molecule has 0 bridgehead atoms. The van der Waals surface area contributed by atoms with E-state index in [2.05, 4.69) is 15.5 Å². The van der Waals surface area contributed by atoms with Crippen LogP contribution < -0.4 is 5.32 Å². The zero-order valence-electron chi connectivity index (χ0n) is 13.1. The van der Waals surface area contributed by atoms with Gasteiger partial charge in [-0.05, 0) is 37.3 Å². The molecule has 0 saturated heterocycles. The van der Waals surface area contributed by atoms with E-state index < -0.39 is 5.82 Å². The van der Waals surface area contributed by atoms with Crippen LogP contribution in [0, 0.1) is 12.7 Å². The fourth-order valence-electron chi connectivity index (χ4n) is 2.26. The van der Waals surface area contributed by atoms with Gasteiger partial charge >= 0.3 is 0 Å². The van der Waals surface area contributed by atoms with Gasteiger partial charge in [0.05, 0.1) is 0 Å². The third-order valence-electron chi connectivity index (χ3n) is 3.44. The zero-order chi connectivity index (χ0) is 16.9. The van der Waals surface area contributed by atoms with Gasteiger partial charge in [-0.15, -0.1) is 10.2 Å². The summed E-state index contributed by atoms with van der Waals surface area (Å²) >= 11 is 0. The second-order valence-electron chi connectivity index (χ2n) is 5.39. The fourth-order valence-corrected chi connectivity index (χ4v) is 2.26. The van der Waals surface area contributed by atoms with Gasteiger partial charge in [-0.2, -0.15) is 0 Å². The monoisotopic (exact) mass is 325 g/mol. The highest BCUT2D eigenvalue weighted by molar-refractivity contribution is 5.94. The van der Waals surface area contributed by atoms with Gasteiger partial charge in [0.25, 0.3) is 5.91 Å². The SMILES string of the molecule is Cc1cccc(-c2nnc(CCNC(=O)c3cccc(F)c3)o2)c1. The second-order valence-corrected chi connectivity index (χ2v) is 5.39. The molecule has 3 rings (SSSR count). The van der Waals surface area contributed by atoms with Gasteiger partial charge in [-0.1, -0.05) is 23.8 Å². The van der Waals surface area contributed by atoms with Gasteiger partial charge in [0, 0.05) is 24.1 Å². The number of carbonyl (C=O) groups excluding carboxylic acids is 1. The summed E-state index contributed by atoms with van der Waals surface area (Å²) in [5.74, 6) is 0.103. The maximum atomic E-state index is 13.1. The van der Waals surface area contributed by atoms with E-state index in [0.29, 0.717) is 24.7 Å². The third-order valence-corrected chi connectivity index (χ3v) is 3.44. The minimum absolute atomic E-state index is 0.279. The Balaban J connectivity index is 1.57. The minimum Gasteiger partial charge on any atom is -0.421 e. The van der Waals surface area contributed by atoms with E-state index in [1.165, 1.54) is 18.2 Å². The number of halogens is 1. The molecule has 6 heteroatoms. The molecular formula is C18H16FN3O2. The predicted octanol–water partition coefficient (Wildman–Crippen LogP) is 3.16. The van der Waals surface area contributed by atoms with Crippen molar-refractivity contribution in [3.63, 3.8) is 0 Å². The number of hydrogen-bond acceptors (Lipinski definition) is 4. The molecule has 0 atom stereocenters. The maximum Gasteiger partial charge on any atom is 0.251 e. The molecule has 3 aromatic rings. The van der Waals surface area contributed by atoms with Crippen LogP contribution in [0.15, 0.2) is 52.9 Å². The van der Waals surface area contributed by atoms with E-state index in [4.69, 9.17) is 4.42 Å². The lowest BCUT2D eigenvalue weighted by Gasteiger charge is -2.03. The lowest BCUT2D eigenvalue weighted by atomic mass is 10.1. The van der Waals surface area contributed by atoms with Crippen molar-refractivity contribution < 1.29 is 13.6 Å². The number of amides is 1. The molecule has 0 spiro atoms. The molecule has 0 aliphatic heterocycles. The molecule has 0 saturated carbocycles. The molecule has 1 amide bonds. The Morgan fingerprint density at radius 3 is 2.79 bits per heavy atom. The second kappa shape index (κ2) is 7.04. The molecular weight excluding hydrogens is 309 g/mol. The van der Waals surface area contributed by atoms with Crippen LogP contribution in [0.4, 0.5) is 4.39 Å². The highest BCUT2D eigenvalue weighted by atomic mass is 19.1. The highest BCUT2D eigenvalue weighted by Crippen LogP contribution is 2.18. The van der Waals surface area contributed by atoms with E-state index in [9.17, 15) is 9.18 Å². The summed E-state index contributed by atoms with van der Waals surface area (Å²) in [5.41, 5.74) is 2.24. The number of rotatable bonds is 5. The number of benzene rings is 2. The van der Waals surface area contributed by atoms with Crippen LogP contribution in [-0.2, 0) is 6.42 Å². The van der Waals surface area contributed by atoms with Crippen LogP contribution in [0.2, 0.25) is 0 Å². The average Bonchev–Trinajstić information content (AvgIpc) is 3.04. The van der Waals surface area contributed by atoms with Crippen molar-refractivity contribution in [2.75, 3.05) is 6.54 Å². The van der Waals surface area contributed by atoms with Gasteiger partial charge in [0.15, 0.2) is 0 Å². The fraction of sp³-hybridized carbons (Fsp3) is 0.167. The van der Waals surface area contributed by atoms with Gasteiger partial charge in [-0.3, -0.25) is 4.79 Å². The van der Waals surface area contributed by atoms with Crippen LogP contribution in [0.5, 0.6) is 0 Å². The first-order chi connectivity index (χ1) is 11.6. The molecule has 0 aliphatic rings. The Kier molecular flexibility index (Phi) is 4.65. The van der Waals surface area contributed by atoms with Crippen molar-refractivity contribution in [3.05, 3.63) is 71.4 Å². The van der Waals surface area contributed by atoms with E-state index in [-0.39, 0.29) is 11.5 Å². The summed E-state index contributed by atoms with van der Waals surface area (Å²) in [6.45, 7) is 2.31. The molecule has 1 aromatic heterocycles. The van der Waals surface area contributed by atoms with E-state index in [0.717, 1.165) is 11.1 Å². The van der Waals surface area contributed by atoms with Crippen molar-refractivity contribution >= 4 is 5.91 Å². The lowest BCUT2D eigenvalue weighted by Crippen LogP contribution is -2.25.